The molecule has 3 aromatic carbocycles. The molecule has 4 aromatic rings. The normalized spacial score (nSPS) is 10.6. The van der Waals surface area contributed by atoms with Crippen molar-refractivity contribution in [3.05, 3.63) is 78.4 Å². The van der Waals surface area contributed by atoms with E-state index >= 15 is 0 Å². The Labute approximate surface area is 163 Å². The summed E-state index contributed by atoms with van der Waals surface area (Å²) in [5.74, 6) is 0.685. The van der Waals surface area contributed by atoms with Crippen molar-refractivity contribution in [3.8, 4) is 17.0 Å². The number of carbonyl (C=O) groups excluding carboxylic acids is 1. The highest BCUT2D eigenvalue weighted by Crippen LogP contribution is 2.35. The standard InChI is InChI=1S/C23H21N3O2/c1-15-10-12-16(13-11-15)21-22(19-8-3-4-9-20(19)25-21)26-23(27)24-17-6-5-7-18(14-17)28-2/h3-14,25H,1-2H3,(H2,24,26,27). The minimum Gasteiger partial charge on any atom is -0.497 e. The van der Waals surface area contributed by atoms with E-state index in [4.69, 9.17) is 4.74 Å². The molecule has 0 saturated heterocycles. The van der Waals surface area contributed by atoms with Crippen LogP contribution in [0, 0.1) is 6.92 Å². The predicted molar refractivity (Wildman–Crippen MR) is 114 cm³/mol. The highest BCUT2D eigenvalue weighted by atomic mass is 16.5. The Hall–Kier alpha value is -3.73. The van der Waals surface area contributed by atoms with Gasteiger partial charge in [0.2, 0.25) is 0 Å². The van der Waals surface area contributed by atoms with Gasteiger partial charge < -0.3 is 20.4 Å². The molecular weight excluding hydrogens is 350 g/mol. The first-order valence-electron chi connectivity index (χ1n) is 9.04. The molecule has 2 amide bonds. The largest absolute Gasteiger partial charge is 0.497 e. The number of benzene rings is 3. The summed E-state index contributed by atoms with van der Waals surface area (Å²) in [6, 6.07) is 23.1. The van der Waals surface area contributed by atoms with Gasteiger partial charge in [0, 0.05) is 28.2 Å². The molecule has 28 heavy (non-hydrogen) atoms. The molecule has 0 aliphatic carbocycles. The number of nitrogens with one attached hydrogen (secondary N) is 3. The van der Waals surface area contributed by atoms with Crippen LogP contribution >= 0.6 is 0 Å². The van der Waals surface area contributed by atoms with Crippen LogP contribution in [0.4, 0.5) is 16.2 Å². The topological polar surface area (TPSA) is 66.2 Å². The fraction of sp³-hybridized carbons (Fsp3) is 0.0870. The van der Waals surface area contributed by atoms with E-state index in [9.17, 15) is 4.79 Å². The SMILES string of the molecule is COc1cccc(NC(=O)Nc2c(-c3ccc(C)cc3)[nH]c3ccccc23)c1. The zero-order valence-electron chi connectivity index (χ0n) is 15.7. The van der Waals surface area contributed by atoms with Gasteiger partial charge in [-0.15, -0.1) is 0 Å². The molecule has 1 aromatic heterocycles. The summed E-state index contributed by atoms with van der Waals surface area (Å²) in [6.45, 7) is 2.05. The quantitative estimate of drug-likeness (QED) is 0.425. The Morgan fingerprint density at radius 3 is 2.50 bits per heavy atom. The third-order valence-electron chi connectivity index (χ3n) is 4.61. The monoisotopic (exact) mass is 371 g/mol. The minimum absolute atomic E-state index is 0.314. The van der Waals surface area contributed by atoms with Gasteiger partial charge in [-0.25, -0.2) is 4.79 Å². The van der Waals surface area contributed by atoms with E-state index in [1.165, 1.54) is 5.56 Å². The number of para-hydroxylation sites is 1. The molecule has 0 bridgehead atoms. The van der Waals surface area contributed by atoms with Gasteiger partial charge >= 0.3 is 6.03 Å². The van der Waals surface area contributed by atoms with Gasteiger partial charge in [-0.3, -0.25) is 0 Å². The average Bonchev–Trinajstić information content (AvgIpc) is 3.07. The lowest BCUT2D eigenvalue weighted by molar-refractivity contribution is 0.262. The predicted octanol–water partition coefficient (Wildman–Crippen LogP) is 5.80. The van der Waals surface area contributed by atoms with Gasteiger partial charge in [0.05, 0.1) is 18.5 Å². The van der Waals surface area contributed by atoms with Crippen LogP contribution in [-0.4, -0.2) is 18.1 Å². The Balaban J connectivity index is 1.68. The first-order chi connectivity index (χ1) is 13.6. The summed E-state index contributed by atoms with van der Waals surface area (Å²) in [6.07, 6.45) is 0. The number of anilines is 2. The molecule has 0 aliphatic rings. The van der Waals surface area contributed by atoms with E-state index in [1.807, 2.05) is 54.6 Å². The third kappa shape index (κ3) is 3.55. The van der Waals surface area contributed by atoms with Crippen LogP contribution < -0.4 is 15.4 Å². The summed E-state index contributed by atoms with van der Waals surface area (Å²) in [5.41, 5.74) is 5.45. The lowest BCUT2D eigenvalue weighted by Gasteiger charge is -2.10. The van der Waals surface area contributed by atoms with Crippen LogP contribution in [0.15, 0.2) is 72.8 Å². The van der Waals surface area contributed by atoms with Gasteiger partial charge in [-0.05, 0) is 25.1 Å². The van der Waals surface area contributed by atoms with Crippen molar-refractivity contribution >= 4 is 28.3 Å². The number of H-pyrrole nitrogens is 1. The van der Waals surface area contributed by atoms with E-state index < -0.39 is 0 Å². The average molecular weight is 371 g/mol. The van der Waals surface area contributed by atoms with Gasteiger partial charge in [0.25, 0.3) is 0 Å². The number of ether oxygens (including phenoxy) is 1. The molecule has 1 heterocycles. The number of rotatable bonds is 4. The van der Waals surface area contributed by atoms with E-state index in [1.54, 1.807) is 13.2 Å². The zero-order chi connectivity index (χ0) is 19.5. The molecule has 3 N–H and O–H groups in total. The van der Waals surface area contributed by atoms with Crippen LogP contribution in [0.1, 0.15) is 5.56 Å². The molecule has 0 spiro atoms. The maximum absolute atomic E-state index is 12.7. The Kier molecular flexibility index (Phi) is 4.72. The number of aromatic amines is 1. The number of amides is 2. The number of aromatic nitrogens is 1. The summed E-state index contributed by atoms with van der Waals surface area (Å²) in [4.78, 5) is 16.1. The number of fused-ring (bicyclic) bond motifs is 1. The van der Waals surface area contributed by atoms with Crippen molar-refractivity contribution < 1.29 is 9.53 Å². The molecular formula is C23H21N3O2. The van der Waals surface area contributed by atoms with Gasteiger partial charge in [-0.2, -0.15) is 0 Å². The first-order valence-corrected chi connectivity index (χ1v) is 9.04. The minimum atomic E-state index is -0.314. The van der Waals surface area contributed by atoms with Crippen molar-refractivity contribution in [1.82, 2.24) is 4.98 Å². The van der Waals surface area contributed by atoms with Crippen molar-refractivity contribution in [2.75, 3.05) is 17.7 Å². The number of aryl methyl sites for hydroxylation is 1. The third-order valence-corrected chi connectivity index (χ3v) is 4.61. The van der Waals surface area contributed by atoms with Crippen molar-refractivity contribution in [2.45, 2.75) is 6.92 Å². The second-order valence-electron chi connectivity index (χ2n) is 6.60. The number of methoxy groups -OCH3 is 1. The molecule has 0 radical (unpaired) electrons. The molecule has 4 rings (SSSR count). The van der Waals surface area contributed by atoms with Gasteiger partial charge in [-0.1, -0.05) is 54.1 Å². The van der Waals surface area contributed by atoms with E-state index in [0.717, 1.165) is 27.8 Å². The molecule has 5 nitrogen and oxygen atoms in total. The van der Waals surface area contributed by atoms with Crippen LogP contribution in [0.25, 0.3) is 22.2 Å². The zero-order valence-corrected chi connectivity index (χ0v) is 15.7. The second kappa shape index (κ2) is 7.48. The molecule has 140 valence electrons. The van der Waals surface area contributed by atoms with Crippen molar-refractivity contribution in [2.24, 2.45) is 0 Å². The van der Waals surface area contributed by atoms with Crippen LogP contribution in [0.5, 0.6) is 5.75 Å². The summed E-state index contributed by atoms with van der Waals surface area (Å²) in [7, 11) is 1.60. The number of hydrogen-bond donors (Lipinski definition) is 3. The maximum Gasteiger partial charge on any atom is 0.323 e. The second-order valence-corrected chi connectivity index (χ2v) is 6.60. The molecule has 0 fully saturated rings. The fourth-order valence-corrected chi connectivity index (χ4v) is 3.19. The molecule has 0 saturated carbocycles. The van der Waals surface area contributed by atoms with E-state index in [2.05, 4.69) is 34.7 Å². The first kappa shape index (κ1) is 17.7. The molecule has 0 aliphatic heterocycles. The molecule has 0 atom stereocenters. The Morgan fingerprint density at radius 1 is 0.929 bits per heavy atom. The summed E-state index contributed by atoms with van der Waals surface area (Å²) < 4.78 is 5.21. The highest BCUT2D eigenvalue weighted by Gasteiger charge is 2.15. The van der Waals surface area contributed by atoms with Gasteiger partial charge in [0.1, 0.15) is 5.75 Å². The van der Waals surface area contributed by atoms with E-state index in [-0.39, 0.29) is 6.03 Å². The molecule has 0 unspecified atom stereocenters. The Morgan fingerprint density at radius 2 is 1.71 bits per heavy atom. The lowest BCUT2D eigenvalue weighted by Crippen LogP contribution is -2.19. The number of hydrogen-bond acceptors (Lipinski definition) is 2. The van der Waals surface area contributed by atoms with Gasteiger partial charge in [0.15, 0.2) is 0 Å². The maximum atomic E-state index is 12.7. The smallest absolute Gasteiger partial charge is 0.323 e. The summed E-state index contributed by atoms with van der Waals surface area (Å²) in [5, 5.41) is 6.83. The number of carbonyl (C=O) groups is 1. The van der Waals surface area contributed by atoms with Crippen LogP contribution in [-0.2, 0) is 0 Å². The summed E-state index contributed by atoms with van der Waals surface area (Å²) >= 11 is 0. The molecule has 5 heteroatoms. The van der Waals surface area contributed by atoms with Crippen LogP contribution in [0.3, 0.4) is 0 Å². The van der Waals surface area contributed by atoms with Crippen LogP contribution in [0.2, 0.25) is 0 Å². The van der Waals surface area contributed by atoms with E-state index in [0.29, 0.717) is 11.4 Å². The highest BCUT2D eigenvalue weighted by molar-refractivity contribution is 6.10. The van der Waals surface area contributed by atoms with Crippen molar-refractivity contribution in [1.29, 1.82) is 0 Å². The lowest BCUT2D eigenvalue weighted by atomic mass is 10.1. The Bertz CT molecular complexity index is 1130. The fourth-order valence-electron chi connectivity index (χ4n) is 3.19. The van der Waals surface area contributed by atoms with Crippen molar-refractivity contribution in [3.63, 3.8) is 0 Å². The number of urea groups is 1.